The van der Waals surface area contributed by atoms with Crippen molar-refractivity contribution in [1.29, 1.82) is 0 Å². The highest BCUT2D eigenvalue weighted by Crippen LogP contribution is 2.05. The van der Waals surface area contributed by atoms with E-state index < -0.39 is 0 Å². The minimum Gasteiger partial charge on any atom is -0.286 e. The maximum absolute atomic E-state index is 10.2. The molecule has 0 atom stereocenters. The second kappa shape index (κ2) is 4.47. The van der Waals surface area contributed by atoms with Gasteiger partial charge in [0, 0.05) is 5.75 Å². The summed E-state index contributed by atoms with van der Waals surface area (Å²) in [5.74, 6) is 1.82. The molecule has 0 unspecified atom stereocenters. The minimum absolute atomic E-state index is 0.00386. The summed E-state index contributed by atoms with van der Waals surface area (Å²) in [4.78, 5) is 10.2. The molecule has 0 amide bonds. The van der Waals surface area contributed by atoms with E-state index >= 15 is 0 Å². The molecule has 1 nitrogen and oxygen atoms in total. The van der Waals surface area contributed by atoms with Gasteiger partial charge in [-0.15, -0.1) is 11.6 Å². The van der Waals surface area contributed by atoms with Crippen LogP contribution in [0.4, 0.5) is 0 Å². The van der Waals surface area contributed by atoms with Crippen molar-refractivity contribution in [2.45, 2.75) is 6.92 Å². The first kappa shape index (κ1) is 7.31. The number of thioether (sulfide) groups is 1. The number of alkyl halides is 1. The van der Waals surface area contributed by atoms with Gasteiger partial charge in [0.05, 0.1) is 5.88 Å². The zero-order valence-electron chi connectivity index (χ0n) is 3.98. The standard InChI is InChI=1S/C4H6ClOS/c1-2-7-4(6)3-5/h2H,3H2,1H3. The third-order valence-corrected chi connectivity index (χ3v) is 1.40. The third kappa shape index (κ3) is 4.16. The van der Waals surface area contributed by atoms with E-state index in [2.05, 4.69) is 0 Å². The molecular weight excluding hydrogens is 132 g/mol. The van der Waals surface area contributed by atoms with Gasteiger partial charge in [-0.1, -0.05) is 18.7 Å². The summed E-state index contributed by atoms with van der Waals surface area (Å²) in [6.45, 7) is 1.80. The van der Waals surface area contributed by atoms with E-state index in [4.69, 9.17) is 11.6 Å². The van der Waals surface area contributed by atoms with E-state index in [0.29, 0.717) is 0 Å². The fraction of sp³-hybridized carbons (Fsp3) is 0.500. The Hall–Kier alpha value is 0.310. The van der Waals surface area contributed by atoms with Gasteiger partial charge in [0.1, 0.15) is 0 Å². The molecule has 0 aromatic rings. The van der Waals surface area contributed by atoms with Gasteiger partial charge >= 0.3 is 0 Å². The molecule has 1 radical (unpaired) electrons. The zero-order chi connectivity index (χ0) is 5.70. The average Bonchev–Trinajstić information content (AvgIpc) is 1.68. The summed E-state index contributed by atoms with van der Waals surface area (Å²) >= 11 is 6.28. The summed E-state index contributed by atoms with van der Waals surface area (Å²) in [6.07, 6.45) is 0. The molecule has 0 rings (SSSR count). The van der Waals surface area contributed by atoms with Gasteiger partial charge in [0.25, 0.3) is 0 Å². The molecule has 41 valence electrons. The molecule has 0 saturated heterocycles. The topological polar surface area (TPSA) is 17.1 Å². The van der Waals surface area contributed by atoms with Crippen LogP contribution in [0.15, 0.2) is 0 Å². The van der Waals surface area contributed by atoms with E-state index in [1.54, 1.807) is 12.7 Å². The maximum atomic E-state index is 10.2. The predicted molar refractivity (Wildman–Crippen MR) is 33.3 cm³/mol. The Bertz CT molecular complexity index is 64.7. The Morgan fingerprint density at radius 2 is 2.57 bits per heavy atom. The highest BCUT2D eigenvalue weighted by Gasteiger charge is 1.94. The second-order valence-electron chi connectivity index (χ2n) is 0.859. The summed E-state index contributed by atoms with van der Waals surface area (Å²) in [6, 6.07) is 0. The number of hydrogen-bond donors (Lipinski definition) is 0. The Kier molecular flexibility index (Phi) is 4.67. The molecule has 3 heteroatoms. The van der Waals surface area contributed by atoms with Gasteiger partial charge in [-0.25, -0.2) is 0 Å². The van der Waals surface area contributed by atoms with Gasteiger partial charge in [0.15, 0.2) is 0 Å². The van der Waals surface area contributed by atoms with Crippen molar-refractivity contribution in [3.8, 4) is 0 Å². The fourth-order valence-corrected chi connectivity index (χ4v) is 0.678. The smallest absolute Gasteiger partial charge is 0.203 e. The van der Waals surface area contributed by atoms with Crippen LogP contribution < -0.4 is 0 Å². The van der Waals surface area contributed by atoms with E-state index in [1.165, 1.54) is 0 Å². The van der Waals surface area contributed by atoms with E-state index in [1.807, 2.05) is 0 Å². The Morgan fingerprint density at radius 3 is 2.71 bits per heavy atom. The lowest BCUT2D eigenvalue weighted by Crippen LogP contribution is -1.88. The van der Waals surface area contributed by atoms with Crippen LogP contribution in [0.1, 0.15) is 6.92 Å². The van der Waals surface area contributed by atoms with Crippen molar-refractivity contribution in [3.63, 3.8) is 0 Å². The molecule has 0 aliphatic rings. The first-order valence-electron chi connectivity index (χ1n) is 1.84. The molecule has 0 heterocycles. The number of hydrogen-bond acceptors (Lipinski definition) is 2. The van der Waals surface area contributed by atoms with Gasteiger partial charge < -0.3 is 0 Å². The SMILES string of the molecule is C[CH]SC(=O)CCl. The molecule has 0 fully saturated rings. The molecular formula is C4H6ClOS. The summed E-state index contributed by atoms with van der Waals surface area (Å²) in [5, 5.41) is 0.00386. The van der Waals surface area contributed by atoms with Crippen LogP contribution in [-0.2, 0) is 4.79 Å². The lowest BCUT2D eigenvalue weighted by atomic mass is 10.9. The van der Waals surface area contributed by atoms with Crippen LogP contribution in [-0.4, -0.2) is 11.0 Å². The van der Waals surface area contributed by atoms with E-state index in [-0.39, 0.29) is 11.0 Å². The summed E-state index contributed by atoms with van der Waals surface area (Å²) in [7, 11) is 0. The predicted octanol–water partition coefficient (Wildman–Crippen LogP) is 1.67. The Morgan fingerprint density at radius 1 is 2.00 bits per heavy atom. The molecule has 0 spiro atoms. The molecule has 0 aliphatic heterocycles. The van der Waals surface area contributed by atoms with Crippen LogP contribution >= 0.6 is 23.4 Å². The minimum atomic E-state index is 0.00386. The second-order valence-corrected chi connectivity index (χ2v) is 2.29. The number of halogens is 1. The summed E-state index contributed by atoms with van der Waals surface area (Å²) < 4.78 is 0. The van der Waals surface area contributed by atoms with Crippen LogP contribution in [0.25, 0.3) is 0 Å². The van der Waals surface area contributed by atoms with Gasteiger partial charge in [0.2, 0.25) is 5.12 Å². The molecule has 0 aromatic carbocycles. The molecule has 0 N–H and O–H groups in total. The average molecular weight is 138 g/mol. The molecule has 0 aliphatic carbocycles. The van der Waals surface area contributed by atoms with Crippen molar-refractivity contribution in [2.24, 2.45) is 0 Å². The first-order chi connectivity index (χ1) is 3.31. The molecule has 0 aromatic heterocycles. The number of carbonyl (C=O) groups is 1. The van der Waals surface area contributed by atoms with Crippen molar-refractivity contribution >= 4 is 28.5 Å². The zero-order valence-corrected chi connectivity index (χ0v) is 5.55. The lowest BCUT2D eigenvalue weighted by molar-refractivity contribution is -0.108. The highest BCUT2D eigenvalue weighted by molar-refractivity contribution is 8.15. The van der Waals surface area contributed by atoms with Crippen LogP contribution in [0.5, 0.6) is 0 Å². The lowest BCUT2D eigenvalue weighted by Gasteiger charge is -1.85. The highest BCUT2D eigenvalue weighted by atomic mass is 35.5. The monoisotopic (exact) mass is 137 g/mol. The van der Waals surface area contributed by atoms with Gasteiger partial charge in [-0.05, 0) is 0 Å². The summed E-state index contributed by atoms with van der Waals surface area (Å²) in [5.41, 5.74) is 0. The first-order valence-corrected chi connectivity index (χ1v) is 3.26. The van der Waals surface area contributed by atoms with E-state index in [0.717, 1.165) is 11.8 Å². The maximum Gasteiger partial charge on any atom is 0.203 e. The van der Waals surface area contributed by atoms with Gasteiger partial charge in [-0.3, -0.25) is 4.79 Å². The van der Waals surface area contributed by atoms with Crippen molar-refractivity contribution in [2.75, 3.05) is 5.88 Å². The molecule has 0 bridgehead atoms. The van der Waals surface area contributed by atoms with E-state index in [9.17, 15) is 4.79 Å². The third-order valence-electron chi connectivity index (χ3n) is 0.358. The largest absolute Gasteiger partial charge is 0.286 e. The van der Waals surface area contributed by atoms with Crippen LogP contribution in [0.2, 0.25) is 0 Å². The number of carbonyl (C=O) groups excluding carboxylic acids is 1. The van der Waals surface area contributed by atoms with Gasteiger partial charge in [-0.2, -0.15) is 0 Å². The number of rotatable bonds is 2. The molecule has 0 saturated carbocycles. The van der Waals surface area contributed by atoms with Crippen molar-refractivity contribution in [3.05, 3.63) is 5.75 Å². The Labute approximate surface area is 52.4 Å². The van der Waals surface area contributed by atoms with Crippen LogP contribution in [0, 0.1) is 5.75 Å². The van der Waals surface area contributed by atoms with Crippen molar-refractivity contribution < 1.29 is 4.79 Å². The molecule has 7 heavy (non-hydrogen) atoms. The normalized spacial score (nSPS) is 8.86. The van der Waals surface area contributed by atoms with Crippen LogP contribution in [0.3, 0.4) is 0 Å². The quantitative estimate of drug-likeness (QED) is 0.539. The van der Waals surface area contributed by atoms with Crippen molar-refractivity contribution in [1.82, 2.24) is 0 Å². The fourth-order valence-electron chi connectivity index (χ4n) is 0.163. The Balaban J connectivity index is 3.00.